The largest absolute Gasteiger partial charge is 0.456 e. The molecule has 5 heteroatoms. The van der Waals surface area contributed by atoms with Crippen molar-refractivity contribution in [2.45, 2.75) is 106 Å². The molecule has 4 heterocycles. The molecule has 1 aromatic heterocycles. The highest BCUT2D eigenvalue weighted by Gasteiger charge is 2.48. The third-order valence-electron chi connectivity index (χ3n) is 13.6. The van der Waals surface area contributed by atoms with E-state index in [0.717, 1.165) is 34.1 Å². The van der Waals surface area contributed by atoms with Gasteiger partial charge in [0.05, 0.1) is 11.3 Å². The molecule has 0 fully saturated rings. The number of hydrogen-bond donors (Lipinski definition) is 0. The fourth-order valence-corrected chi connectivity index (χ4v) is 10.9. The van der Waals surface area contributed by atoms with Gasteiger partial charge in [0.1, 0.15) is 11.5 Å². The molecule has 1 aliphatic carbocycles. The number of anilines is 5. The Morgan fingerprint density at radius 3 is 2.08 bits per heavy atom. The standard InChI is InChI=1S/C54H59BN2OS/c1-14-45-46(49-33(2)54(12,13)39-18-15-16-21-44(39)58-49)48-50(59-45)55-40-32-36(53(9,10)11)26-31-41(40)56(37-27-22-34(23-28-37)51(3,4)5)42-19-17-20-43(47(42)55)57(48)38-29-24-35(25-30-38)52(6,7)8/h14-22,24-32,34H,1,23H2,2-13H3. The van der Waals surface area contributed by atoms with Crippen LogP contribution in [0.4, 0.5) is 28.4 Å². The summed E-state index contributed by atoms with van der Waals surface area (Å²) in [5.74, 6) is 2.34. The molecule has 0 saturated carbocycles. The highest BCUT2D eigenvalue weighted by atomic mass is 32.1. The summed E-state index contributed by atoms with van der Waals surface area (Å²) >= 11 is 1.88. The quantitative estimate of drug-likeness (QED) is 0.165. The van der Waals surface area contributed by atoms with Crippen LogP contribution in [0.25, 0.3) is 11.8 Å². The number of fused-ring (bicyclic) bond motifs is 5. The minimum absolute atomic E-state index is 0.00702. The molecular formula is C54H59BN2OS. The second-order valence-electron chi connectivity index (χ2n) is 20.8. The van der Waals surface area contributed by atoms with Gasteiger partial charge in [0.2, 0.25) is 0 Å². The summed E-state index contributed by atoms with van der Waals surface area (Å²) in [4.78, 5) is 6.23. The first-order chi connectivity index (χ1) is 27.8. The van der Waals surface area contributed by atoms with Crippen molar-refractivity contribution in [1.82, 2.24) is 0 Å². The molecule has 0 radical (unpaired) electrons. The van der Waals surface area contributed by atoms with E-state index in [-0.39, 0.29) is 28.4 Å². The summed E-state index contributed by atoms with van der Waals surface area (Å²) in [6.45, 7) is 32.3. The molecule has 59 heavy (non-hydrogen) atoms. The molecule has 1 unspecified atom stereocenters. The lowest BCUT2D eigenvalue weighted by molar-refractivity contribution is 0.293. The molecule has 0 N–H and O–H groups in total. The van der Waals surface area contributed by atoms with Crippen LogP contribution < -0.4 is 30.2 Å². The third kappa shape index (κ3) is 6.21. The van der Waals surface area contributed by atoms with Crippen molar-refractivity contribution in [2.24, 2.45) is 11.3 Å². The first kappa shape index (κ1) is 39.5. The van der Waals surface area contributed by atoms with E-state index in [0.29, 0.717) is 5.92 Å². The predicted octanol–water partition coefficient (Wildman–Crippen LogP) is 13.3. The fraction of sp³-hybridized carbons (Fsp3) is 0.333. The molecule has 1 atom stereocenters. The van der Waals surface area contributed by atoms with Crippen LogP contribution in [0.3, 0.4) is 0 Å². The van der Waals surface area contributed by atoms with Crippen molar-refractivity contribution >= 4 is 74.0 Å². The Morgan fingerprint density at radius 2 is 1.46 bits per heavy atom. The van der Waals surface area contributed by atoms with Crippen LogP contribution in [0.2, 0.25) is 0 Å². The molecule has 9 rings (SSSR count). The van der Waals surface area contributed by atoms with Crippen molar-refractivity contribution in [1.29, 1.82) is 0 Å². The van der Waals surface area contributed by atoms with E-state index in [9.17, 15) is 0 Å². The number of para-hydroxylation sites is 1. The SMILES string of the molecule is C=Cc1sc2c(c1C1=C(C)C(C)(C)c3ccccc3O1)N(c1ccc(C(C)(C)C)cc1)c1cccc3c1B2c1cc(C(C)(C)C)ccc1N3C1=CCC(C(C)(C)C)C=C1. The zero-order valence-corrected chi connectivity index (χ0v) is 38.0. The molecule has 300 valence electrons. The highest BCUT2D eigenvalue weighted by molar-refractivity contribution is 7.30. The van der Waals surface area contributed by atoms with Gasteiger partial charge >= 0.3 is 0 Å². The summed E-state index contributed by atoms with van der Waals surface area (Å²) in [5.41, 5.74) is 16.1. The molecule has 4 aromatic carbocycles. The maximum Gasteiger partial charge on any atom is 0.264 e. The van der Waals surface area contributed by atoms with Crippen LogP contribution in [-0.4, -0.2) is 6.71 Å². The molecule has 0 bridgehead atoms. The Balaban J connectivity index is 1.36. The van der Waals surface area contributed by atoms with E-state index in [1.165, 1.54) is 66.4 Å². The maximum atomic E-state index is 7.13. The van der Waals surface area contributed by atoms with Gasteiger partial charge < -0.3 is 14.5 Å². The van der Waals surface area contributed by atoms with Gasteiger partial charge in [0.25, 0.3) is 6.71 Å². The lowest BCUT2D eigenvalue weighted by Crippen LogP contribution is -2.61. The monoisotopic (exact) mass is 794 g/mol. The van der Waals surface area contributed by atoms with E-state index < -0.39 is 0 Å². The predicted molar refractivity (Wildman–Crippen MR) is 257 cm³/mol. The van der Waals surface area contributed by atoms with Gasteiger partial charge in [-0.2, -0.15) is 0 Å². The number of nitrogens with zero attached hydrogens (tertiary/aromatic N) is 2. The Bertz CT molecular complexity index is 2630. The van der Waals surface area contributed by atoms with Gasteiger partial charge in [-0.3, -0.25) is 0 Å². The summed E-state index contributed by atoms with van der Waals surface area (Å²) < 4.78 is 8.45. The van der Waals surface area contributed by atoms with Crippen molar-refractivity contribution in [3.63, 3.8) is 0 Å². The summed E-state index contributed by atoms with van der Waals surface area (Å²) in [6.07, 6.45) is 10.4. The van der Waals surface area contributed by atoms with Gasteiger partial charge in [-0.15, -0.1) is 11.3 Å². The summed E-state index contributed by atoms with van der Waals surface area (Å²) in [6, 6.07) is 32.1. The van der Waals surface area contributed by atoms with Gasteiger partial charge in [0, 0.05) is 49.1 Å². The summed E-state index contributed by atoms with van der Waals surface area (Å²) in [7, 11) is 0. The minimum atomic E-state index is -0.233. The first-order valence-corrected chi connectivity index (χ1v) is 22.3. The number of benzene rings is 4. The molecule has 3 aliphatic heterocycles. The lowest BCUT2D eigenvalue weighted by atomic mass is 9.36. The molecule has 0 saturated heterocycles. The van der Waals surface area contributed by atoms with Crippen LogP contribution in [0.5, 0.6) is 5.75 Å². The Labute approximate surface area is 357 Å². The summed E-state index contributed by atoms with van der Waals surface area (Å²) in [5, 5.41) is 0. The average Bonchev–Trinajstić information content (AvgIpc) is 3.57. The number of hydrogen-bond acceptors (Lipinski definition) is 4. The Kier molecular flexibility index (Phi) is 9.04. The normalized spacial score (nSPS) is 18.1. The molecular weight excluding hydrogens is 735 g/mol. The van der Waals surface area contributed by atoms with Crippen LogP contribution in [-0.2, 0) is 16.2 Å². The first-order valence-electron chi connectivity index (χ1n) is 21.5. The molecule has 3 nitrogen and oxygen atoms in total. The van der Waals surface area contributed by atoms with Gasteiger partial charge in [-0.05, 0) is 106 Å². The second kappa shape index (κ2) is 13.5. The van der Waals surface area contributed by atoms with Crippen LogP contribution in [0, 0.1) is 11.3 Å². The van der Waals surface area contributed by atoms with Crippen LogP contribution >= 0.6 is 11.3 Å². The van der Waals surface area contributed by atoms with E-state index in [4.69, 9.17) is 4.74 Å². The molecule has 4 aliphatic rings. The van der Waals surface area contributed by atoms with Gasteiger partial charge in [-0.25, -0.2) is 0 Å². The minimum Gasteiger partial charge on any atom is -0.456 e. The maximum absolute atomic E-state index is 7.13. The highest BCUT2D eigenvalue weighted by Crippen LogP contribution is 2.53. The Hall–Kier alpha value is -5.00. The van der Waals surface area contributed by atoms with E-state index in [1.54, 1.807) is 0 Å². The Morgan fingerprint density at radius 1 is 0.797 bits per heavy atom. The van der Waals surface area contributed by atoms with Gasteiger partial charge in [0.15, 0.2) is 0 Å². The van der Waals surface area contributed by atoms with Gasteiger partial charge in [-0.1, -0.05) is 149 Å². The van der Waals surface area contributed by atoms with Crippen molar-refractivity contribution in [3.05, 3.63) is 148 Å². The zero-order chi connectivity index (χ0) is 42.0. The third-order valence-corrected chi connectivity index (χ3v) is 14.8. The molecule has 0 spiro atoms. The number of ether oxygens (including phenoxy) is 1. The van der Waals surface area contributed by atoms with Crippen LogP contribution in [0.15, 0.2) is 121 Å². The zero-order valence-electron chi connectivity index (χ0n) is 37.2. The number of rotatable bonds is 4. The van der Waals surface area contributed by atoms with Crippen molar-refractivity contribution < 1.29 is 4.74 Å². The van der Waals surface area contributed by atoms with E-state index >= 15 is 0 Å². The van der Waals surface area contributed by atoms with E-state index in [2.05, 4.69) is 209 Å². The van der Waals surface area contributed by atoms with E-state index in [1.807, 2.05) is 11.3 Å². The van der Waals surface area contributed by atoms with Crippen molar-refractivity contribution in [3.8, 4) is 5.75 Å². The number of allylic oxidation sites excluding steroid dienone is 4. The fourth-order valence-electron chi connectivity index (χ4n) is 9.66. The molecule has 0 amide bonds. The molecule has 5 aromatic rings. The van der Waals surface area contributed by atoms with Crippen LogP contribution in [0.1, 0.15) is 117 Å². The lowest BCUT2D eigenvalue weighted by Gasteiger charge is -2.44. The number of thiophene rings is 1. The second-order valence-corrected chi connectivity index (χ2v) is 21.8. The average molecular weight is 795 g/mol. The topological polar surface area (TPSA) is 15.7 Å². The smallest absolute Gasteiger partial charge is 0.264 e. The van der Waals surface area contributed by atoms with Crippen molar-refractivity contribution in [2.75, 3.05) is 9.80 Å².